The van der Waals surface area contributed by atoms with E-state index in [0.29, 0.717) is 16.5 Å². The van der Waals surface area contributed by atoms with Gasteiger partial charge in [0, 0.05) is 38.2 Å². The van der Waals surface area contributed by atoms with Crippen molar-refractivity contribution in [1.29, 1.82) is 0 Å². The molecule has 0 aromatic heterocycles. The van der Waals surface area contributed by atoms with E-state index in [9.17, 15) is 4.79 Å². The number of hydrogen-bond acceptors (Lipinski definition) is 2. The second-order valence-corrected chi connectivity index (χ2v) is 5.55. The molecule has 0 aliphatic heterocycles. The molecule has 0 saturated heterocycles. The van der Waals surface area contributed by atoms with Crippen LogP contribution >= 0.6 is 23.2 Å². The smallest absolute Gasteiger partial charge is 0.160 e. The molecule has 0 amide bonds. The van der Waals surface area contributed by atoms with Crippen LogP contribution in [0, 0.1) is 0 Å². The van der Waals surface area contributed by atoms with Gasteiger partial charge >= 0.3 is 0 Å². The molecule has 1 fully saturated rings. The minimum atomic E-state index is 0.134. The number of halogens is 2. The molecule has 0 unspecified atom stereocenters. The molecule has 96 valence electrons. The van der Waals surface area contributed by atoms with Crippen LogP contribution < -0.4 is 0 Å². The van der Waals surface area contributed by atoms with Gasteiger partial charge in [0.05, 0.1) is 10.0 Å². The van der Waals surface area contributed by atoms with Crippen LogP contribution in [-0.2, 0) is 4.79 Å². The highest BCUT2D eigenvalue weighted by atomic mass is 35.5. The molecule has 0 bridgehead atoms. The van der Waals surface area contributed by atoms with Crippen molar-refractivity contribution in [3.05, 3.63) is 45.6 Å². The quantitative estimate of drug-likeness (QED) is 0.768. The molecule has 1 aromatic rings. The van der Waals surface area contributed by atoms with Crippen molar-refractivity contribution >= 4 is 29.0 Å². The number of carbonyl (C=O) groups excluding carboxylic acids is 1. The lowest BCUT2D eigenvalue weighted by molar-refractivity contribution is -0.114. The first-order valence-electron chi connectivity index (χ1n) is 5.85. The third kappa shape index (κ3) is 2.70. The van der Waals surface area contributed by atoms with Crippen LogP contribution in [0.3, 0.4) is 0 Å². The number of carbonyl (C=O) groups is 1. The summed E-state index contributed by atoms with van der Waals surface area (Å²) in [6.45, 7) is 0. The molecular formula is C14H15Cl2NO. The van der Waals surface area contributed by atoms with Crippen molar-refractivity contribution in [2.45, 2.75) is 18.8 Å². The Morgan fingerprint density at radius 1 is 1.28 bits per heavy atom. The van der Waals surface area contributed by atoms with Gasteiger partial charge in [-0.3, -0.25) is 4.79 Å². The summed E-state index contributed by atoms with van der Waals surface area (Å²) >= 11 is 12.0. The van der Waals surface area contributed by atoms with Gasteiger partial charge in [0.25, 0.3) is 0 Å². The molecule has 1 aliphatic carbocycles. The van der Waals surface area contributed by atoms with Crippen molar-refractivity contribution in [3.8, 4) is 0 Å². The Morgan fingerprint density at radius 2 is 2.00 bits per heavy atom. The molecule has 1 saturated carbocycles. The number of rotatable bonds is 2. The van der Waals surface area contributed by atoms with E-state index in [-0.39, 0.29) is 11.7 Å². The van der Waals surface area contributed by atoms with Gasteiger partial charge in [0.2, 0.25) is 0 Å². The van der Waals surface area contributed by atoms with E-state index in [2.05, 4.69) is 0 Å². The lowest BCUT2D eigenvalue weighted by Crippen LogP contribution is -2.08. The van der Waals surface area contributed by atoms with Gasteiger partial charge in [0.15, 0.2) is 5.78 Å². The highest BCUT2D eigenvalue weighted by Crippen LogP contribution is 2.38. The summed E-state index contributed by atoms with van der Waals surface area (Å²) < 4.78 is 0. The van der Waals surface area contributed by atoms with Crippen LogP contribution in [0.25, 0.3) is 0 Å². The van der Waals surface area contributed by atoms with Crippen molar-refractivity contribution in [3.63, 3.8) is 0 Å². The fourth-order valence-corrected chi connectivity index (χ4v) is 2.59. The van der Waals surface area contributed by atoms with Crippen LogP contribution in [0.2, 0.25) is 10.0 Å². The van der Waals surface area contributed by atoms with Crippen LogP contribution in [0.15, 0.2) is 30.0 Å². The molecule has 0 N–H and O–H groups in total. The first kappa shape index (κ1) is 13.4. The van der Waals surface area contributed by atoms with E-state index >= 15 is 0 Å². The van der Waals surface area contributed by atoms with Crippen LogP contribution in [-0.4, -0.2) is 24.8 Å². The second-order valence-electron chi connectivity index (χ2n) is 4.74. The molecule has 18 heavy (non-hydrogen) atoms. The molecule has 1 atom stereocenters. The average molecular weight is 284 g/mol. The van der Waals surface area contributed by atoms with Gasteiger partial charge in [-0.1, -0.05) is 29.3 Å². The van der Waals surface area contributed by atoms with E-state index < -0.39 is 0 Å². The molecule has 2 nitrogen and oxygen atoms in total. The van der Waals surface area contributed by atoms with E-state index in [1.54, 1.807) is 6.07 Å². The third-order valence-corrected chi connectivity index (χ3v) is 3.84. The molecule has 0 radical (unpaired) electrons. The number of allylic oxidation sites excluding steroid dienone is 1. The zero-order valence-electron chi connectivity index (χ0n) is 10.4. The van der Waals surface area contributed by atoms with Gasteiger partial charge in [-0.2, -0.15) is 0 Å². The molecule has 0 heterocycles. The molecule has 4 heteroatoms. The second kappa shape index (κ2) is 5.33. The number of nitrogens with zero attached hydrogens (tertiary/aromatic N) is 1. The summed E-state index contributed by atoms with van der Waals surface area (Å²) in [7, 11) is 3.84. The topological polar surface area (TPSA) is 20.3 Å². The Balaban J connectivity index is 2.37. The van der Waals surface area contributed by atoms with Gasteiger partial charge in [-0.25, -0.2) is 0 Å². The first-order chi connectivity index (χ1) is 8.49. The average Bonchev–Trinajstić information content (AvgIpc) is 2.64. The maximum atomic E-state index is 11.9. The Hall–Kier alpha value is -0.990. The lowest BCUT2D eigenvalue weighted by Gasteiger charge is -2.15. The molecule has 2 rings (SSSR count). The fraction of sp³-hybridized carbons (Fsp3) is 0.357. The van der Waals surface area contributed by atoms with Crippen LogP contribution in [0.1, 0.15) is 24.3 Å². The standard InChI is InChI=1S/C14H15Cl2NO/c1-17(2)8-11-10(4-6-14(11)18)9-3-5-12(15)13(16)7-9/h3,5,7-8,10H,4,6H2,1-2H3/b11-8-/t10-/m0/s1. The van der Waals surface area contributed by atoms with E-state index in [1.807, 2.05) is 37.3 Å². The minimum Gasteiger partial charge on any atom is -0.383 e. The lowest BCUT2D eigenvalue weighted by atomic mass is 9.94. The maximum Gasteiger partial charge on any atom is 0.160 e. The normalized spacial score (nSPS) is 21.7. The number of Topliss-reactive ketones (excluding diaryl/α,β-unsaturated/α-hetero) is 1. The Morgan fingerprint density at radius 3 is 2.61 bits per heavy atom. The Kier molecular flexibility index (Phi) is 3.98. The zero-order valence-corrected chi connectivity index (χ0v) is 11.9. The maximum absolute atomic E-state index is 11.9. The first-order valence-corrected chi connectivity index (χ1v) is 6.61. The number of hydrogen-bond donors (Lipinski definition) is 0. The van der Waals surface area contributed by atoms with Gasteiger partial charge < -0.3 is 4.90 Å². The molecule has 1 aromatic carbocycles. The van der Waals surface area contributed by atoms with Gasteiger partial charge in [-0.05, 0) is 24.1 Å². The molecular weight excluding hydrogens is 269 g/mol. The summed E-state index contributed by atoms with van der Waals surface area (Å²) in [6, 6.07) is 5.59. The summed E-state index contributed by atoms with van der Waals surface area (Å²) in [5, 5.41) is 1.08. The van der Waals surface area contributed by atoms with E-state index in [0.717, 1.165) is 17.6 Å². The highest BCUT2D eigenvalue weighted by molar-refractivity contribution is 6.42. The minimum absolute atomic E-state index is 0.134. The number of ketones is 1. The summed E-state index contributed by atoms with van der Waals surface area (Å²) in [5.41, 5.74) is 1.92. The van der Waals surface area contributed by atoms with Gasteiger partial charge in [-0.15, -0.1) is 0 Å². The Labute approximate surface area is 117 Å². The van der Waals surface area contributed by atoms with Crippen molar-refractivity contribution in [1.82, 2.24) is 4.90 Å². The predicted octanol–water partition coefficient (Wildman–Crippen LogP) is 3.89. The number of benzene rings is 1. The highest BCUT2D eigenvalue weighted by Gasteiger charge is 2.30. The van der Waals surface area contributed by atoms with Crippen LogP contribution in [0.4, 0.5) is 0 Å². The molecule has 1 aliphatic rings. The monoisotopic (exact) mass is 283 g/mol. The van der Waals surface area contributed by atoms with E-state index in [1.165, 1.54) is 0 Å². The largest absolute Gasteiger partial charge is 0.383 e. The Bertz CT molecular complexity index is 509. The SMILES string of the molecule is CN(C)/C=C1\C(=O)CC[C@H]1c1ccc(Cl)c(Cl)c1. The molecule has 0 spiro atoms. The summed E-state index contributed by atoms with van der Waals surface area (Å²) in [4.78, 5) is 13.8. The fourth-order valence-electron chi connectivity index (χ4n) is 2.29. The summed E-state index contributed by atoms with van der Waals surface area (Å²) in [6.07, 6.45) is 3.35. The van der Waals surface area contributed by atoms with Crippen LogP contribution in [0.5, 0.6) is 0 Å². The van der Waals surface area contributed by atoms with Crippen molar-refractivity contribution < 1.29 is 4.79 Å². The van der Waals surface area contributed by atoms with Crippen molar-refractivity contribution in [2.24, 2.45) is 0 Å². The third-order valence-electron chi connectivity index (χ3n) is 3.10. The zero-order chi connectivity index (χ0) is 13.3. The van der Waals surface area contributed by atoms with Crippen molar-refractivity contribution in [2.75, 3.05) is 14.1 Å². The summed E-state index contributed by atoms with van der Waals surface area (Å²) in [5.74, 6) is 0.356. The predicted molar refractivity (Wildman–Crippen MR) is 75.2 cm³/mol. The van der Waals surface area contributed by atoms with Gasteiger partial charge in [0.1, 0.15) is 0 Å². The van der Waals surface area contributed by atoms with E-state index in [4.69, 9.17) is 23.2 Å².